The zero-order chi connectivity index (χ0) is 16.1. The maximum atomic E-state index is 6.24. The third kappa shape index (κ3) is 4.05. The molecule has 0 aliphatic carbocycles. The Morgan fingerprint density at radius 1 is 1.04 bits per heavy atom. The molecule has 122 valence electrons. The van der Waals surface area contributed by atoms with Crippen LogP contribution in [0.4, 0.5) is 0 Å². The molecule has 1 atom stereocenters. The van der Waals surface area contributed by atoms with E-state index in [1.165, 1.54) is 11.1 Å². The molecule has 3 rings (SSSR count). The molecule has 0 aromatic heterocycles. The number of rotatable bonds is 4. The minimum Gasteiger partial charge on any atom is -0.497 e. The van der Waals surface area contributed by atoms with Gasteiger partial charge in [-0.15, -0.1) is 0 Å². The molecule has 1 fully saturated rings. The van der Waals surface area contributed by atoms with E-state index in [0.717, 1.165) is 43.4 Å². The van der Waals surface area contributed by atoms with E-state index in [4.69, 9.17) is 16.3 Å². The molecular weight excluding hydrogens is 308 g/mol. The molecule has 1 aliphatic heterocycles. The molecule has 23 heavy (non-hydrogen) atoms. The summed E-state index contributed by atoms with van der Waals surface area (Å²) in [6.07, 6.45) is 1.16. The zero-order valence-electron chi connectivity index (χ0n) is 13.5. The molecule has 1 heterocycles. The number of benzene rings is 2. The van der Waals surface area contributed by atoms with Crippen LogP contribution in [0.25, 0.3) is 0 Å². The number of halogens is 1. The number of hydrogen-bond donors (Lipinski definition) is 1. The van der Waals surface area contributed by atoms with Gasteiger partial charge in [0.25, 0.3) is 0 Å². The van der Waals surface area contributed by atoms with Gasteiger partial charge in [-0.05, 0) is 48.4 Å². The lowest BCUT2D eigenvalue weighted by Crippen LogP contribution is -2.33. The number of nitrogens with one attached hydrogen (secondary N) is 1. The second kappa shape index (κ2) is 7.82. The Bertz CT molecular complexity index is 622. The molecule has 2 aromatic rings. The van der Waals surface area contributed by atoms with Crippen molar-refractivity contribution in [1.29, 1.82) is 0 Å². The number of nitrogens with zero attached hydrogens (tertiary/aromatic N) is 1. The topological polar surface area (TPSA) is 24.5 Å². The molecule has 0 amide bonds. The van der Waals surface area contributed by atoms with Gasteiger partial charge >= 0.3 is 0 Å². The first-order chi connectivity index (χ1) is 11.3. The highest BCUT2D eigenvalue weighted by atomic mass is 35.5. The lowest BCUT2D eigenvalue weighted by molar-refractivity contribution is 0.241. The van der Waals surface area contributed by atoms with Gasteiger partial charge < -0.3 is 10.1 Å². The maximum absolute atomic E-state index is 6.24. The molecule has 1 N–H and O–H groups in total. The highest BCUT2D eigenvalue weighted by Crippen LogP contribution is 2.31. The van der Waals surface area contributed by atoms with Crippen LogP contribution in [0.15, 0.2) is 48.5 Å². The lowest BCUT2D eigenvalue weighted by atomic mass is 9.96. The summed E-state index contributed by atoms with van der Waals surface area (Å²) >= 11 is 6.24. The molecule has 3 nitrogen and oxygen atoms in total. The highest BCUT2D eigenvalue weighted by Gasteiger charge is 2.23. The van der Waals surface area contributed by atoms with E-state index in [2.05, 4.69) is 34.5 Å². The van der Waals surface area contributed by atoms with Gasteiger partial charge in [0.05, 0.1) is 13.2 Å². The van der Waals surface area contributed by atoms with Crippen molar-refractivity contribution >= 4 is 11.6 Å². The summed E-state index contributed by atoms with van der Waals surface area (Å²) in [5, 5.41) is 4.26. The maximum Gasteiger partial charge on any atom is 0.118 e. The van der Waals surface area contributed by atoms with E-state index >= 15 is 0 Å². The monoisotopic (exact) mass is 330 g/mol. The zero-order valence-corrected chi connectivity index (χ0v) is 14.2. The fraction of sp³-hybridized carbons (Fsp3) is 0.368. The summed E-state index contributed by atoms with van der Waals surface area (Å²) in [5.74, 6) is 0.885. The van der Waals surface area contributed by atoms with Crippen molar-refractivity contribution in [2.24, 2.45) is 0 Å². The number of hydrogen-bond acceptors (Lipinski definition) is 3. The van der Waals surface area contributed by atoms with Crippen LogP contribution in [0.1, 0.15) is 23.6 Å². The summed E-state index contributed by atoms with van der Waals surface area (Å²) in [4.78, 5) is 2.54. The average molecular weight is 331 g/mol. The summed E-state index contributed by atoms with van der Waals surface area (Å²) in [6.45, 7) is 4.22. The molecule has 1 aliphatic rings. The third-order valence-corrected chi connectivity index (χ3v) is 4.57. The largest absolute Gasteiger partial charge is 0.497 e. The van der Waals surface area contributed by atoms with Gasteiger partial charge in [-0.1, -0.05) is 35.9 Å². The van der Waals surface area contributed by atoms with Crippen LogP contribution in [-0.2, 0) is 0 Å². The molecule has 0 radical (unpaired) electrons. The fourth-order valence-corrected chi connectivity index (χ4v) is 3.40. The van der Waals surface area contributed by atoms with Gasteiger partial charge in [-0.3, -0.25) is 4.90 Å². The SMILES string of the molecule is COc1ccc(C(c2cccc(Cl)c2)N2CCCNCC2)cc1. The van der Waals surface area contributed by atoms with Crippen LogP contribution in [-0.4, -0.2) is 38.2 Å². The van der Waals surface area contributed by atoms with Crippen LogP contribution < -0.4 is 10.1 Å². The van der Waals surface area contributed by atoms with E-state index in [1.807, 2.05) is 24.3 Å². The van der Waals surface area contributed by atoms with Crippen molar-refractivity contribution in [2.45, 2.75) is 12.5 Å². The minimum atomic E-state index is 0.222. The van der Waals surface area contributed by atoms with Crippen LogP contribution in [0, 0.1) is 0 Å². The Morgan fingerprint density at radius 3 is 2.61 bits per heavy atom. The molecule has 0 spiro atoms. The first-order valence-corrected chi connectivity index (χ1v) is 8.50. The van der Waals surface area contributed by atoms with E-state index < -0.39 is 0 Å². The predicted octanol–water partition coefficient (Wildman–Crippen LogP) is 3.73. The van der Waals surface area contributed by atoms with Crippen LogP contribution >= 0.6 is 11.6 Å². The Hall–Kier alpha value is -1.55. The Balaban J connectivity index is 1.97. The molecule has 2 aromatic carbocycles. The minimum absolute atomic E-state index is 0.222. The van der Waals surface area contributed by atoms with E-state index in [1.54, 1.807) is 7.11 Å². The smallest absolute Gasteiger partial charge is 0.118 e. The molecular formula is C19H23ClN2O. The summed E-state index contributed by atoms with van der Waals surface area (Å²) in [5.41, 5.74) is 2.51. The lowest BCUT2D eigenvalue weighted by Gasteiger charge is -2.31. The van der Waals surface area contributed by atoms with Crippen molar-refractivity contribution in [3.63, 3.8) is 0 Å². The van der Waals surface area contributed by atoms with Gasteiger partial charge in [0.1, 0.15) is 5.75 Å². The molecule has 0 bridgehead atoms. The van der Waals surface area contributed by atoms with Crippen molar-refractivity contribution in [3.8, 4) is 5.75 Å². The van der Waals surface area contributed by atoms with E-state index in [0.29, 0.717) is 0 Å². The normalized spacial score (nSPS) is 17.5. The quantitative estimate of drug-likeness (QED) is 0.924. The molecule has 4 heteroatoms. The van der Waals surface area contributed by atoms with Gasteiger partial charge in [0.2, 0.25) is 0 Å². The third-order valence-electron chi connectivity index (χ3n) is 4.34. The Labute approximate surface area is 143 Å². The average Bonchev–Trinajstić information content (AvgIpc) is 2.85. The second-order valence-corrected chi connectivity index (χ2v) is 6.31. The summed E-state index contributed by atoms with van der Waals surface area (Å²) < 4.78 is 5.29. The Kier molecular flexibility index (Phi) is 5.55. The van der Waals surface area contributed by atoms with Gasteiger partial charge in [0.15, 0.2) is 0 Å². The van der Waals surface area contributed by atoms with Crippen LogP contribution in [0.3, 0.4) is 0 Å². The van der Waals surface area contributed by atoms with E-state index in [-0.39, 0.29) is 6.04 Å². The summed E-state index contributed by atoms with van der Waals surface area (Å²) in [6, 6.07) is 16.8. The Morgan fingerprint density at radius 2 is 1.87 bits per heavy atom. The van der Waals surface area contributed by atoms with Crippen LogP contribution in [0.2, 0.25) is 5.02 Å². The highest BCUT2D eigenvalue weighted by molar-refractivity contribution is 6.30. The second-order valence-electron chi connectivity index (χ2n) is 5.87. The molecule has 1 unspecified atom stereocenters. The summed E-state index contributed by atoms with van der Waals surface area (Å²) in [7, 11) is 1.70. The molecule has 1 saturated heterocycles. The van der Waals surface area contributed by atoms with Crippen LogP contribution in [0.5, 0.6) is 5.75 Å². The standard InChI is InChI=1S/C19H23ClN2O/c1-23-18-8-6-15(7-9-18)19(16-4-2-5-17(20)14-16)22-12-3-10-21-11-13-22/h2,4-9,14,19,21H,3,10-13H2,1H3. The first-order valence-electron chi connectivity index (χ1n) is 8.12. The van der Waals surface area contributed by atoms with Gasteiger partial charge in [-0.25, -0.2) is 0 Å². The fourth-order valence-electron chi connectivity index (χ4n) is 3.20. The van der Waals surface area contributed by atoms with Crippen molar-refractivity contribution in [3.05, 3.63) is 64.7 Å². The van der Waals surface area contributed by atoms with Crippen molar-refractivity contribution < 1.29 is 4.74 Å². The first kappa shape index (κ1) is 16.3. The predicted molar refractivity (Wildman–Crippen MR) is 95.3 cm³/mol. The van der Waals surface area contributed by atoms with Crippen molar-refractivity contribution in [1.82, 2.24) is 10.2 Å². The van der Waals surface area contributed by atoms with E-state index in [9.17, 15) is 0 Å². The van der Waals surface area contributed by atoms with Gasteiger partial charge in [0, 0.05) is 24.7 Å². The molecule has 0 saturated carbocycles. The van der Waals surface area contributed by atoms with Crippen molar-refractivity contribution in [2.75, 3.05) is 33.3 Å². The number of ether oxygens (including phenoxy) is 1. The number of methoxy groups -OCH3 is 1. The van der Waals surface area contributed by atoms with Gasteiger partial charge in [-0.2, -0.15) is 0 Å².